The summed E-state index contributed by atoms with van der Waals surface area (Å²) in [6, 6.07) is 11.7. The fourth-order valence-electron chi connectivity index (χ4n) is 4.76. The van der Waals surface area contributed by atoms with Gasteiger partial charge in [0.05, 0.1) is 11.6 Å². The van der Waals surface area contributed by atoms with Crippen molar-refractivity contribution in [2.24, 2.45) is 5.92 Å². The number of carbonyl (C=O) groups is 1. The summed E-state index contributed by atoms with van der Waals surface area (Å²) in [5, 5.41) is 7.58. The van der Waals surface area contributed by atoms with Crippen LogP contribution in [0.2, 0.25) is 0 Å². The van der Waals surface area contributed by atoms with Gasteiger partial charge in [-0.3, -0.25) is 4.79 Å². The number of nitrogens with one attached hydrogen (secondary N) is 1. The van der Waals surface area contributed by atoms with E-state index in [1.54, 1.807) is 6.20 Å². The summed E-state index contributed by atoms with van der Waals surface area (Å²) in [6.45, 7) is 5.47. The van der Waals surface area contributed by atoms with Gasteiger partial charge in [0, 0.05) is 49.2 Å². The zero-order valence-electron chi connectivity index (χ0n) is 19.8. The molecule has 8 heteroatoms. The van der Waals surface area contributed by atoms with Crippen LogP contribution in [0.5, 0.6) is 0 Å². The topological polar surface area (TPSA) is 62.5 Å². The van der Waals surface area contributed by atoms with E-state index in [1.165, 1.54) is 17.7 Å². The minimum Gasteiger partial charge on any atom is -0.354 e. The molecule has 0 aliphatic carbocycles. The van der Waals surface area contributed by atoms with Crippen LogP contribution in [0.4, 0.5) is 14.6 Å². The zero-order chi connectivity index (χ0) is 24.5. The minimum atomic E-state index is -0.660. The lowest BCUT2D eigenvalue weighted by Crippen LogP contribution is -2.43. The van der Waals surface area contributed by atoms with Gasteiger partial charge in [0.15, 0.2) is 5.82 Å². The number of piperidine rings is 1. The highest BCUT2D eigenvalue weighted by atomic mass is 19.1. The van der Waals surface area contributed by atoms with Crippen LogP contribution in [-0.4, -0.2) is 33.6 Å². The van der Waals surface area contributed by atoms with Crippen molar-refractivity contribution in [2.75, 3.05) is 18.0 Å². The average molecular weight is 476 g/mol. The van der Waals surface area contributed by atoms with Gasteiger partial charge >= 0.3 is 0 Å². The number of nitrogens with zero attached hydrogens (tertiary/aromatic N) is 4. The van der Waals surface area contributed by atoms with E-state index in [0.717, 1.165) is 53.6 Å². The molecule has 5 rings (SSSR count). The monoisotopic (exact) mass is 475 g/mol. The van der Waals surface area contributed by atoms with Crippen molar-refractivity contribution in [3.8, 4) is 11.3 Å². The van der Waals surface area contributed by atoms with E-state index in [1.807, 2.05) is 16.8 Å². The number of carbonyl (C=O) groups excluding carboxylic acids is 1. The van der Waals surface area contributed by atoms with Gasteiger partial charge in [0.1, 0.15) is 17.2 Å². The lowest BCUT2D eigenvalue weighted by Gasteiger charge is -2.33. The molecule has 1 N–H and O–H groups in total. The summed E-state index contributed by atoms with van der Waals surface area (Å²) in [5.41, 5.74) is 5.47. The van der Waals surface area contributed by atoms with Gasteiger partial charge < -0.3 is 10.2 Å². The van der Waals surface area contributed by atoms with Crippen molar-refractivity contribution in [1.29, 1.82) is 0 Å². The SMILES string of the molecule is Cc1ccc(-c2cc3c(N4CCCC(C(=O)NCc5ccc(F)cc5F)C4)nccn3n2)c(C)c1. The number of hydrogen-bond donors (Lipinski definition) is 1. The molecule has 1 atom stereocenters. The molecule has 6 nitrogen and oxygen atoms in total. The molecule has 4 aromatic rings. The Labute approximate surface area is 202 Å². The maximum absolute atomic E-state index is 13.9. The molecule has 1 fully saturated rings. The van der Waals surface area contributed by atoms with E-state index >= 15 is 0 Å². The number of hydrogen-bond acceptors (Lipinski definition) is 4. The molecule has 3 heterocycles. The van der Waals surface area contributed by atoms with Crippen LogP contribution in [0, 0.1) is 31.4 Å². The highest BCUT2D eigenvalue weighted by molar-refractivity contribution is 5.81. The number of aryl methyl sites for hydroxylation is 2. The third-order valence-corrected chi connectivity index (χ3v) is 6.59. The summed E-state index contributed by atoms with van der Waals surface area (Å²) in [7, 11) is 0. The molecule has 35 heavy (non-hydrogen) atoms. The fourth-order valence-corrected chi connectivity index (χ4v) is 4.76. The highest BCUT2D eigenvalue weighted by Crippen LogP contribution is 2.30. The molecule has 1 aliphatic heterocycles. The standard InChI is InChI=1S/C27H27F2N5O/c1-17-5-8-22(18(2)12-17)24-14-25-26(30-9-11-34(25)32-24)33-10-3-4-20(16-33)27(35)31-15-19-6-7-21(28)13-23(19)29/h5-9,11-14,20H,3-4,10,15-16H2,1-2H3,(H,31,35). The first-order valence-electron chi connectivity index (χ1n) is 11.8. The minimum absolute atomic E-state index is 0.0250. The number of aromatic nitrogens is 3. The van der Waals surface area contributed by atoms with E-state index in [-0.39, 0.29) is 23.9 Å². The van der Waals surface area contributed by atoms with E-state index in [0.29, 0.717) is 6.54 Å². The molecule has 1 unspecified atom stereocenters. The summed E-state index contributed by atoms with van der Waals surface area (Å²) >= 11 is 0. The molecule has 1 aliphatic rings. The van der Waals surface area contributed by atoms with Gasteiger partial charge in [-0.15, -0.1) is 0 Å². The van der Waals surface area contributed by atoms with E-state index in [9.17, 15) is 13.6 Å². The first-order chi connectivity index (χ1) is 16.9. The Bertz CT molecular complexity index is 1400. The predicted molar refractivity (Wildman–Crippen MR) is 131 cm³/mol. The van der Waals surface area contributed by atoms with Gasteiger partial charge in [-0.1, -0.05) is 29.8 Å². The normalized spacial score (nSPS) is 16.0. The van der Waals surface area contributed by atoms with Crippen LogP contribution in [0.3, 0.4) is 0 Å². The van der Waals surface area contributed by atoms with Crippen LogP contribution >= 0.6 is 0 Å². The third-order valence-electron chi connectivity index (χ3n) is 6.59. The zero-order valence-corrected chi connectivity index (χ0v) is 19.8. The molecule has 2 aromatic heterocycles. The van der Waals surface area contributed by atoms with Crippen molar-refractivity contribution in [2.45, 2.75) is 33.2 Å². The fraction of sp³-hybridized carbons (Fsp3) is 0.296. The van der Waals surface area contributed by atoms with Gasteiger partial charge in [0.25, 0.3) is 0 Å². The molecule has 180 valence electrons. The van der Waals surface area contributed by atoms with Gasteiger partial charge in [-0.2, -0.15) is 5.10 Å². The number of fused-ring (bicyclic) bond motifs is 1. The Morgan fingerprint density at radius 2 is 2.00 bits per heavy atom. The smallest absolute Gasteiger partial charge is 0.225 e. The predicted octanol–water partition coefficient (Wildman–Crippen LogP) is 4.82. The van der Waals surface area contributed by atoms with Crippen LogP contribution in [0.1, 0.15) is 29.5 Å². The van der Waals surface area contributed by atoms with Gasteiger partial charge in [-0.05, 0) is 44.4 Å². The Morgan fingerprint density at radius 1 is 1.14 bits per heavy atom. The quantitative estimate of drug-likeness (QED) is 0.449. The van der Waals surface area contributed by atoms with Crippen LogP contribution < -0.4 is 10.2 Å². The first kappa shape index (κ1) is 23.0. The lowest BCUT2D eigenvalue weighted by molar-refractivity contribution is -0.125. The van der Waals surface area contributed by atoms with E-state index in [4.69, 9.17) is 5.10 Å². The number of amides is 1. The first-order valence-corrected chi connectivity index (χ1v) is 11.8. The molecule has 1 amide bonds. The molecular formula is C27H27F2N5O. The van der Waals surface area contributed by atoms with Crippen molar-refractivity contribution < 1.29 is 13.6 Å². The van der Waals surface area contributed by atoms with Crippen molar-refractivity contribution in [3.05, 3.63) is 83.2 Å². The van der Waals surface area contributed by atoms with Crippen molar-refractivity contribution in [1.82, 2.24) is 19.9 Å². The number of halogens is 2. The second-order valence-electron chi connectivity index (χ2n) is 9.17. The summed E-state index contributed by atoms with van der Waals surface area (Å²) in [6.07, 6.45) is 5.13. The molecule has 0 spiro atoms. The molecular weight excluding hydrogens is 448 g/mol. The summed E-state index contributed by atoms with van der Waals surface area (Å²) in [4.78, 5) is 19.6. The molecule has 0 bridgehead atoms. The van der Waals surface area contributed by atoms with E-state index in [2.05, 4.69) is 47.2 Å². The Morgan fingerprint density at radius 3 is 2.80 bits per heavy atom. The lowest BCUT2D eigenvalue weighted by atomic mass is 9.97. The van der Waals surface area contributed by atoms with Crippen molar-refractivity contribution >= 4 is 17.2 Å². The summed E-state index contributed by atoms with van der Waals surface area (Å²) in [5.74, 6) is -0.904. The average Bonchev–Trinajstić information content (AvgIpc) is 3.27. The Kier molecular flexibility index (Phi) is 6.19. The van der Waals surface area contributed by atoms with Crippen molar-refractivity contribution in [3.63, 3.8) is 0 Å². The second-order valence-corrected chi connectivity index (χ2v) is 9.17. The molecule has 2 aromatic carbocycles. The number of anilines is 1. The molecule has 0 radical (unpaired) electrons. The third kappa shape index (κ3) is 4.73. The molecule has 0 saturated carbocycles. The largest absolute Gasteiger partial charge is 0.354 e. The Balaban J connectivity index is 1.34. The van der Waals surface area contributed by atoms with Gasteiger partial charge in [0.2, 0.25) is 5.91 Å². The molecule has 1 saturated heterocycles. The number of benzene rings is 2. The van der Waals surface area contributed by atoms with Crippen LogP contribution in [0.25, 0.3) is 16.8 Å². The maximum Gasteiger partial charge on any atom is 0.225 e. The van der Waals surface area contributed by atoms with E-state index < -0.39 is 11.6 Å². The maximum atomic E-state index is 13.9. The Hall–Kier alpha value is -3.81. The number of rotatable bonds is 5. The second kappa shape index (κ2) is 9.44. The summed E-state index contributed by atoms with van der Waals surface area (Å²) < 4.78 is 28.9. The van der Waals surface area contributed by atoms with Gasteiger partial charge in [-0.25, -0.2) is 18.3 Å². The van der Waals surface area contributed by atoms with Crippen LogP contribution in [-0.2, 0) is 11.3 Å². The highest BCUT2D eigenvalue weighted by Gasteiger charge is 2.28. The van der Waals surface area contributed by atoms with Crippen LogP contribution in [0.15, 0.2) is 54.9 Å².